The van der Waals surface area contributed by atoms with E-state index in [9.17, 15) is 10.2 Å². The maximum atomic E-state index is 9.53. The summed E-state index contributed by atoms with van der Waals surface area (Å²) in [6.45, 7) is 6.44. The second-order valence-corrected chi connectivity index (χ2v) is 2.10. The first-order chi connectivity index (χ1) is 3.46. The summed E-state index contributed by atoms with van der Waals surface area (Å²) in [7, 11) is 0. The van der Waals surface area contributed by atoms with Crippen LogP contribution in [0.4, 0.5) is 0 Å². The molecule has 0 aromatic rings. The molecular weight excluding hydrogens is 113 g/mol. The molecule has 0 aromatic carbocycles. The second kappa shape index (κ2) is 11.0. The van der Waals surface area contributed by atoms with Gasteiger partial charge in [0.15, 0.2) is 0 Å². The van der Waals surface area contributed by atoms with Crippen LogP contribution in [0.2, 0.25) is 0 Å². The first-order valence-electron chi connectivity index (χ1n) is 2.78. The fourth-order valence-corrected chi connectivity index (χ4v) is 0. The van der Waals surface area contributed by atoms with Gasteiger partial charge in [0.2, 0.25) is 0 Å². The summed E-state index contributed by atoms with van der Waals surface area (Å²) in [5.41, 5.74) is 0. The first kappa shape index (κ1) is 16.0. The SMILES string of the molecule is CC(C)[O-].CC(C)[O-].[Be+2]. The van der Waals surface area contributed by atoms with Crippen molar-refractivity contribution < 1.29 is 10.2 Å². The van der Waals surface area contributed by atoms with Gasteiger partial charge in [-0.25, -0.2) is 0 Å². The Hall–Kier alpha value is 0.0888. The van der Waals surface area contributed by atoms with Crippen LogP contribution in [0.3, 0.4) is 0 Å². The van der Waals surface area contributed by atoms with E-state index in [2.05, 4.69) is 0 Å². The van der Waals surface area contributed by atoms with Crippen molar-refractivity contribution in [1.29, 1.82) is 0 Å². The number of hydrogen-bond acceptors (Lipinski definition) is 2. The molecule has 52 valence electrons. The van der Waals surface area contributed by atoms with E-state index in [0.717, 1.165) is 0 Å². The van der Waals surface area contributed by atoms with Gasteiger partial charge >= 0.3 is 10.1 Å². The molecule has 0 unspecified atom stereocenters. The van der Waals surface area contributed by atoms with Crippen molar-refractivity contribution in [2.75, 3.05) is 0 Å². The maximum Gasteiger partial charge on any atom is 2.00 e. The third-order valence-corrected chi connectivity index (χ3v) is 0. The standard InChI is InChI=1S/2C3H7O.Be/c2*1-3(2)4;/h2*3H,1-2H3;/q2*-1;+2. The van der Waals surface area contributed by atoms with Gasteiger partial charge in [0.05, 0.1) is 0 Å². The molecule has 0 heterocycles. The van der Waals surface area contributed by atoms with Crippen molar-refractivity contribution in [3.8, 4) is 0 Å². The summed E-state index contributed by atoms with van der Waals surface area (Å²) in [4.78, 5) is 0. The molecule has 0 radical (unpaired) electrons. The van der Waals surface area contributed by atoms with E-state index >= 15 is 0 Å². The van der Waals surface area contributed by atoms with Crippen molar-refractivity contribution in [1.82, 2.24) is 0 Å². The van der Waals surface area contributed by atoms with Crippen molar-refractivity contribution >= 4 is 10.1 Å². The van der Waals surface area contributed by atoms with Crippen LogP contribution in [-0.2, 0) is 0 Å². The molecule has 0 aliphatic heterocycles. The molecule has 3 heteroatoms. The Labute approximate surface area is 61.1 Å². The Kier molecular flexibility index (Phi) is 19.5. The van der Waals surface area contributed by atoms with Crippen molar-refractivity contribution in [2.24, 2.45) is 0 Å². The molecule has 0 fully saturated rings. The molecule has 0 N–H and O–H groups in total. The third kappa shape index (κ3) is 38000. The van der Waals surface area contributed by atoms with Crippen LogP contribution >= 0.6 is 0 Å². The van der Waals surface area contributed by atoms with E-state index in [-0.39, 0.29) is 10.1 Å². The molecule has 0 aromatic heterocycles. The van der Waals surface area contributed by atoms with Gasteiger partial charge in [-0.3, -0.25) is 0 Å². The fourth-order valence-electron chi connectivity index (χ4n) is 0. The van der Waals surface area contributed by atoms with Crippen molar-refractivity contribution in [3.63, 3.8) is 0 Å². The first-order valence-corrected chi connectivity index (χ1v) is 2.78. The van der Waals surface area contributed by atoms with Crippen molar-refractivity contribution in [3.05, 3.63) is 0 Å². The quantitative estimate of drug-likeness (QED) is 0.397. The van der Waals surface area contributed by atoms with E-state index in [0.29, 0.717) is 0 Å². The van der Waals surface area contributed by atoms with E-state index < -0.39 is 12.2 Å². The van der Waals surface area contributed by atoms with Gasteiger partial charge in [-0.1, -0.05) is 27.7 Å². The van der Waals surface area contributed by atoms with Gasteiger partial charge in [0, 0.05) is 0 Å². The van der Waals surface area contributed by atoms with Crippen molar-refractivity contribution in [2.45, 2.75) is 39.9 Å². The van der Waals surface area contributed by atoms with Gasteiger partial charge in [-0.15, -0.1) is 12.2 Å². The largest absolute Gasteiger partial charge is 2.00 e. The number of hydrogen-bond donors (Lipinski definition) is 0. The third-order valence-electron chi connectivity index (χ3n) is 0. The molecule has 2 nitrogen and oxygen atoms in total. The van der Waals surface area contributed by atoms with Gasteiger partial charge < -0.3 is 10.2 Å². The topological polar surface area (TPSA) is 46.1 Å². The monoisotopic (exact) mass is 127 g/mol. The Morgan fingerprint density at radius 2 is 0.778 bits per heavy atom. The van der Waals surface area contributed by atoms with Crippen LogP contribution < -0.4 is 10.2 Å². The predicted octanol–water partition coefficient (Wildman–Crippen LogP) is -0.871. The molecule has 0 aliphatic rings. The molecule has 0 spiro atoms. The van der Waals surface area contributed by atoms with E-state index in [1.54, 1.807) is 27.7 Å². The van der Waals surface area contributed by atoms with E-state index in [4.69, 9.17) is 0 Å². The Morgan fingerprint density at radius 3 is 0.778 bits per heavy atom. The van der Waals surface area contributed by atoms with Gasteiger partial charge in [0.1, 0.15) is 0 Å². The van der Waals surface area contributed by atoms with Gasteiger partial charge in [0.25, 0.3) is 0 Å². The smallest absolute Gasteiger partial charge is 0.852 e. The Morgan fingerprint density at radius 1 is 0.778 bits per heavy atom. The van der Waals surface area contributed by atoms with Gasteiger partial charge in [-0.2, -0.15) is 0 Å². The molecule has 0 saturated heterocycles. The zero-order valence-electron chi connectivity index (χ0n) is 6.68. The average Bonchev–Trinajstić information content (AvgIpc) is 1.25. The average molecular weight is 127 g/mol. The van der Waals surface area contributed by atoms with Gasteiger partial charge in [-0.05, 0) is 0 Å². The molecule has 0 bridgehead atoms. The summed E-state index contributed by atoms with van der Waals surface area (Å²) < 4.78 is 0. The van der Waals surface area contributed by atoms with E-state index in [1.165, 1.54) is 0 Å². The van der Waals surface area contributed by atoms with Crippen LogP contribution in [0.15, 0.2) is 0 Å². The minimum atomic E-state index is -0.417. The normalized spacial score (nSPS) is 8.00. The van der Waals surface area contributed by atoms with Crippen LogP contribution in [0, 0.1) is 0 Å². The van der Waals surface area contributed by atoms with Crippen LogP contribution in [-0.4, -0.2) is 22.3 Å². The van der Waals surface area contributed by atoms with Crippen LogP contribution in [0.5, 0.6) is 0 Å². The van der Waals surface area contributed by atoms with E-state index in [1.807, 2.05) is 0 Å². The predicted molar refractivity (Wildman–Crippen MR) is 36.0 cm³/mol. The maximum absolute atomic E-state index is 9.53. The molecule has 0 rings (SSSR count). The summed E-state index contributed by atoms with van der Waals surface area (Å²) in [5, 5.41) is 19.1. The molecule has 0 amide bonds. The molecule has 9 heavy (non-hydrogen) atoms. The zero-order valence-corrected chi connectivity index (χ0v) is 6.68. The fraction of sp³-hybridized carbons (Fsp3) is 1.00. The summed E-state index contributed by atoms with van der Waals surface area (Å²) >= 11 is 0. The molecule has 0 saturated carbocycles. The second-order valence-electron chi connectivity index (χ2n) is 2.10. The van der Waals surface area contributed by atoms with Crippen LogP contribution in [0.25, 0.3) is 0 Å². The van der Waals surface area contributed by atoms with Crippen LogP contribution in [0.1, 0.15) is 27.7 Å². The molecule has 0 atom stereocenters. The summed E-state index contributed by atoms with van der Waals surface area (Å²) in [6.07, 6.45) is -0.833. The minimum absolute atomic E-state index is 0. The zero-order chi connectivity index (χ0) is 7.15. The Bertz CT molecular complexity index is 26.5. The summed E-state index contributed by atoms with van der Waals surface area (Å²) in [5.74, 6) is 0. The number of rotatable bonds is 0. The molecule has 0 aliphatic carbocycles. The molecular formula is C6H14BeO2. The summed E-state index contributed by atoms with van der Waals surface area (Å²) in [6, 6.07) is 0. The minimum Gasteiger partial charge on any atom is -0.852 e. The Balaban J connectivity index is -0.0000000720.